The summed E-state index contributed by atoms with van der Waals surface area (Å²) in [6.07, 6.45) is 0. The molecule has 0 radical (unpaired) electrons. The van der Waals surface area contributed by atoms with Crippen LogP contribution in [0.15, 0.2) is 194 Å². The van der Waals surface area contributed by atoms with Gasteiger partial charge < -0.3 is 0 Å². The van der Waals surface area contributed by atoms with E-state index in [1.165, 1.54) is 98.4 Å². The third-order valence-electron chi connectivity index (χ3n) is 10.4. The molecule has 0 atom stereocenters. The van der Waals surface area contributed by atoms with Gasteiger partial charge in [-0.3, -0.25) is 0 Å². The van der Waals surface area contributed by atoms with Crippen LogP contribution in [-0.4, -0.2) is 0 Å². The van der Waals surface area contributed by atoms with Gasteiger partial charge in [-0.25, -0.2) is 0 Å². The van der Waals surface area contributed by atoms with Gasteiger partial charge in [-0.15, -0.1) is 0 Å². The fraction of sp³-hybridized carbons (Fsp3) is 0. The molecule has 10 rings (SSSR count). The number of rotatable bonds is 4. The van der Waals surface area contributed by atoms with Crippen molar-refractivity contribution in [2.24, 2.45) is 0 Å². The van der Waals surface area contributed by atoms with Crippen LogP contribution < -0.4 is 0 Å². The normalized spacial score (nSPS) is 11.6. The summed E-state index contributed by atoms with van der Waals surface area (Å²) in [6.45, 7) is 0. The first-order valence-corrected chi connectivity index (χ1v) is 17.3. The summed E-state index contributed by atoms with van der Waals surface area (Å²) < 4.78 is 0. The average molecular weight is 633 g/mol. The lowest BCUT2D eigenvalue weighted by molar-refractivity contribution is 1.61. The second-order valence-corrected chi connectivity index (χ2v) is 13.3. The van der Waals surface area contributed by atoms with E-state index in [2.05, 4.69) is 194 Å². The maximum absolute atomic E-state index is 2.46. The van der Waals surface area contributed by atoms with E-state index in [0.29, 0.717) is 0 Å². The molecule has 0 amide bonds. The minimum absolute atomic E-state index is 1.22. The SMILES string of the molecule is c1ccc(-c2ccc(-c3c4cc5ccccc5cc4c(-c4ccc(-c5ccccc5)cc4)c4cc5c(ccc6ccccc65)cc34)cc2)cc1. The first-order chi connectivity index (χ1) is 24.8. The maximum Gasteiger partial charge on any atom is -0.00259 e. The Bertz CT molecular complexity index is 2860. The average Bonchev–Trinajstić information content (AvgIpc) is 3.19. The summed E-state index contributed by atoms with van der Waals surface area (Å²) >= 11 is 0. The van der Waals surface area contributed by atoms with Gasteiger partial charge in [0.25, 0.3) is 0 Å². The Morgan fingerprint density at radius 3 is 1.06 bits per heavy atom. The van der Waals surface area contributed by atoms with Gasteiger partial charge in [0.05, 0.1) is 0 Å². The second-order valence-electron chi connectivity index (χ2n) is 13.3. The number of hydrogen-bond donors (Lipinski definition) is 0. The Morgan fingerprint density at radius 2 is 0.540 bits per heavy atom. The van der Waals surface area contributed by atoms with Gasteiger partial charge in [-0.05, 0) is 123 Å². The van der Waals surface area contributed by atoms with Crippen LogP contribution in [0.25, 0.3) is 98.4 Å². The Hall–Kier alpha value is -6.50. The summed E-state index contributed by atoms with van der Waals surface area (Å²) in [4.78, 5) is 0. The van der Waals surface area contributed by atoms with Crippen molar-refractivity contribution in [1.29, 1.82) is 0 Å². The molecule has 0 saturated heterocycles. The molecule has 0 aliphatic rings. The van der Waals surface area contributed by atoms with E-state index in [0.717, 1.165) is 0 Å². The van der Waals surface area contributed by atoms with Crippen molar-refractivity contribution in [3.63, 3.8) is 0 Å². The number of benzene rings is 10. The molecular weight excluding hydrogens is 601 g/mol. The fourth-order valence-corrected chi connectivity index (χ4v) is 7.95. The lowest BCUT2D eigenvalue weighted by atomic mass is 9.83. The summed E-state index contributed by atoms with van der Waals surface area (Å²) in [6, 6.07) is 71.4. The third-order valence-corrected chi connectivity index (χ3v) is 10.4. The summed E-state index contributed by atoms with van der Waals surface area (Å²) in [7, 11) is 0. The van der Waals surface area contributed by atoms with Crippen molar-refractivity contribution in [2.75, 3.05) is 0 Å². The zero-order valence-electron chi connectivity index (χ0n) is 27.5. The van der Waals surface area contributed by atoms with Gasteiger partial charge in [0.15, 0.2) is 0 Å². The van der Waals surface area contributed by atoms with E-state index in [1.54, 1.807) is 0 Å². The van der Waals surface area contributed by atoms with Crippen LogP contribution in [0, 0.1) is 0 Å². The molecule has 10 aromatic carbocycles. The van der Waals surface area contributed by atoms with Crippen LogP contribution >= 0.6 is 0 Å². The van der Waals surface area contributed by atoms with Crippen molar-refractivity contribution in [3.8, 4) is 44.5 Å². The molecule has 0 N–H and O–H groups in total. The minimum Gasteiger partial charge on any atom is -0.0622 e. The Morgan fingerprint density at radius 1 is 0.180 bits per heavy atom. The van der Waals surface area contributed by atoms with Crippen LogP contribution in [-0.2, 0) is 0 Å². The summed E-state index contributed by atoms with van der Waals surface area (Å²) in [5.74, 6) is 0. The monoisotopic (exact) mass is 632 g/mol. The topological polar surface area (TPSA) is 0 Å². The summed E-state index contributed by atoms with van der Waals surface area (Å²) in [5.41, 5.74) is 9.90. The number of hydrogen-bond acceptors (Lipinski definition) is 0. The van der Waals surface area contributed by atoms with Crippen LogP contribution in [0.3, 0.4) is 0 Å². The van der Waals surface area contributed by atoms with Gasteiger partial charge >= 0.3 is 0 Å². The van der Waals surface area contributed by atoms with E-state index in [9.17, 15) is 0 Å². The van der Waals surface area contributed by atoms with Crippen LogP contribution in [0.4, 0.5) is 0 Å². The standard InChI is InChI=1S/C50H32/c1-3-11-33(12-4-1)35-19-24-38(25-20-35)49-45-29-40-16-7-8-17-41(40)30-46(45)50(39-26-21-36(22-27-39)34-13-5-2-6-14-34)48-32-44-42(31-47(48)49)28-23-37-15-9-10-18-43(37)44/h1-32H. The first kappa shape index (κ1) is 28.5. The molecule has 0 aliphatic carbocycles. The van der Waals surface area contributed by atoms with E-state index < -0.39 is 0 Å². The van der Waals surface area contributed by atoms with E-state index in [-0.39, 0.29) is 0 Å². The molecule has 0 aromatic heterocycles. The van der Waals surface area contributed by atoms with Gasteiger partial charge in [0.2, 0.25) is 0 Å². The third kappa shape index (κ3) is 4.69. The summed E-state index contributed by atoms with van der Waals surface area (Å²) in [5, 5.41) is 12.7. The lowest BCUT2D eigenvalue weighted by Gasteiger charge is -2.20. The van der Waals surface area contributed by atoms with Crippen LogP contribution in [0.5, 0.6) is 0 Å². The molecule has 0 bridgehead atoms. The molecule has 0 fully saturated rings. The molecule has 0 heterocycles. The van der Waals surface area contributed by atoms with Crippen molar-refractivity contribution >= 4 is 53.9 Å². The van der Waals surface area contributed by atoms with E-state index in [1.807, 2.05) is 0 Å². The molecule has 232 valence electrons. The smallest absolute Gasteiger partial charge is 0.00259 e. The minimum atomic E-state index is 1.22. The van der Waals surface area contributed by atoms with E-state index in [4.69, 9.17) is 0 Å². The highest BCUT2D eigenvalue weighted by atomic mass is 14.2. The lowest BCUT2D eigenvalue weighted by Crippen LogP contribution is -1.93. The Kier molecular flexibility index (Phi) is 6.60. The highest BCUT2D eigenvalue weighted by molar-refractivity contribution is 6.26. The second kappa shape index (κ2) is 11.6. The van der Waals surface area contributed by atoms with Crippen molar-refractivity contribution in [2.45, 2.75) is 0 Å². The molecule has 50 heavy (non-hydrogen) atoms. The van der Waals surface area contributed by atoms with Crippen molar-refractivity contribution in [3.05, 3.63) is 194 Å². The van der Waals surface area contributed by atoms with Crippen molar-refractivity contribution < 1.29 is 0 Å². The highest BCUT2D eigenvalue weighted by Crippen LogP contribution is 2.47. The van der Waals surface area contributed by atoms with Crippen LogP contribution in [0.2, 0.25) is 0 Å². The molecule has 0 aliphatic heterocycles. The van der Waals surface area contributed by atoms with Crippen LogP contribution in [0.1, 0.15) is 0 Å². The molecular formula is C50H32. The van der Waals surface area contributed by atoms with Gasteiger partial charge in [-0.1, -0.05) is 170 Å². The largest absolute Gasteiger partial charge is 0.0622 e. The first-order valence-electron chi connectivity index (χ1n) is 17.3. The molecule has 0 nitrogen and oxygen atoms in total. The zero-order chi connectivity index (χ0) is 33.0. The predicted octanol–water partition coefficient (Wildman–Crippen LogP) is 14.1. The Labute approximate surface area is 291 Å². The highest BCUT2D eigenvalue weighted by Gasteiger charge is 2.19. The van der Waals surface area contributed by atoms with E-state index >= 15 is 0 Å². The van der Waals surface area contributed by atoms with Gasteiger partial charge in [-0.2, -0.15) is 0 Å². The molecule has 0 saturated carbocycles. The zero-order valence-corrected chi connectivity index (χ0v) is 27.5. The molecule has 0 unspecified atom stereocenters. The molecule has 0 spiro atoms. The fourth-order valence-electron chi connectivity index (χ4n) is 7.95. The Balaban J connectivity index is 1.33. The molecule has 10 aromatic rings. The predicted molar refractivity (Wildman–Crippen MR) is 216 cm³/mol. The van der Waals surface area contributed by atoms with Crippen molar-refractivity contribution in [1.82, 2.24) is 0 Å². The molecule has 0 heteroatoms. The quantitative estimate of drug-likeness (QED) is 0.134. The van der Waals surface area contributed by atoms with Gasteiger partial charge in [0, 0.05) is 0 Å². The van der Waals surface area contributed by atoms with Gasteiger partial charge in [0.1, 0.15) is 0 Å². The maximum atomic E-state index is 2.46. The number of fused-ring (bicyclic) bond motifs is 6.